The Morgan fingerprint density at radius 3 is 0.847 bits per heavy atom. The summed E-state index contributed by atoms with van der Waals surface area (Å²) < 4.78 is 38.3. The van der Waals surface area contributed by atoms with Gasteiger partial charge in [-0.25, -0.2) is 0 Å². The number of fused-ring (bicyclic) bond motifs is 30. The van der Waals surface area contributed by atoms with Crippen LogP contribution in [0.15, 0.2) is 300 Å². The van der Waals surface area contributed by atoms with Crippen molar-refractivity contribution in [1.82, 2.24) is 36.5 Å². The van der Waals surface area contributed by atoms with Crippen LogP contribution in [0.5, 0.6) is 0 Å². The molecule has 26 rings (SSSR count). The molecule has 10 nitrogen and oxygen atoms in total. The first-order valence-electron chi connectivity index (χ1n) is 44.3. The highest BCUT2D eigenvalue weighted by molar-refractivity contribution is 7.26. The number of hydrogen-bond acceptors (Lipinski definition) is 4. The molecule has 10 heterocycles. The van der Waals surface area contributed by atoms with Crippen LogP contribution in [0.1, 0.15) is 55.4 Å². The Kier molecular flexibility index (Phi) is 16.3. The minimum Gasteiger partial charge on any atom is -0.464 e. The van der Waals surface area contributed by atoms with Gasteiger partial charge in [-0.1, -0.05) is 121 Å². The Labute approximate surface area is 721 Å². The van der Waals surface area contributed by atoms with E-state index in [1.165, 1.54) is 237 Å². The SMILES string of the molecule is CCn1c2cc(-c3ccc4sc5ccccc5c4c3)cc3c2cc(c2c3c3ccccc3n2CC)n(CC)c2cc(-c3ccc4sc5ccccc5c4c3)cc3c2cc1c1c3c2ccccc2n1CC.CCn1c2ccc(-c3ccco3)c3c2cc(c2c3c3ccccc3n2CC)n(CC)c2ccc(-c3ccco3)c3c2cc1c1c3c2ccccc2n1CC. The first-order chi connectivity index (χ1) is 61.2. The fourth-order valence-corrected chi connectivity index (χ4v) is 24.7. The van der Waals surface area contributed by atoms with Crippen LogP contribution in [-0.4, -0.2) is 36.5 Å². The number of nitrogens with zero attached hydrogens (tertiary/aromatic N) is 8. The second-order valence-electron chi connectivity index (χ2n) is 33.4. The fraction of sp³-hybridized carbons (Fsp3) is 0.143. The average Bonchev–Trinajstić information content (AvgIpc) is 1.44. The summed E-state index contributed by atoms with van der Waals surface area (Å²) in [5.74, 6) is 1.75. The molecule has 124 heavy (non-hydrogen) atoms. The van der Waals surface area contributed by atoms with Gasteiger partial charge in [0.15, 0.2) is 0 Å². The largest absolute Gasteiger partial charge is 0.464 e. The smallest absolute Gasteiger partial charge is 0.134 e. The third kappa shape index (κ3) is 10.1. The molecule has 8 bridgehead atoms. The molecular formula is C112H88N8O2S2. The topological polar surface area (TPSA) is 65.7 Å². The first-order valence-corrected chi connectivity index (χ1v) is 45.9. The molecule has 0 saturated carbocycles. The van der Waals surface area contributed by atoms with Crippen LogP contribution >= 0.6 is 22.7 Å². The number of thiophene rings is 2. The van der Waals surface area contributed by atoms with Gasteiger partial charge in [0.05, 0.1) is 56.7 Å². The summed E-state index contributed by atoms with van der Waals surface area (Å²) in [6.45, 7) is 25.0. The standard InChI is InChI=1S/C64H48N4S2.C48H40N4O2/c1-5-65-53-33-39(37-25-27-59-47(29-37)41-17-11-15-23-57(41)69-59)31-49-45(53)36-56(64-62(49)44-20-10-14-22-52(44)68(64)8-4)66(6-2)54-34-40(38-26-28-60-48(30-38)42-18-12-16-24-58(42)70-60)32-50-46(54)35-55(65)63-61(50)43-19-9-13-21-51(43)67(63)7-3;1-5-49-37-23-21-31(41-19-13-25-53-41)43-33(37)28-40(48-46(43)30-16-10-12-18-36(30)52(48)8-4)50(6-2)38-24-22-32(42-20-14-26-54-42)44-34(38)27-39(49)47-45(44)29-15-9-11-17-35(29)51(47)7-3/h9-36H,5-8H2,1-4H3;9-28H,5-8H2,1-4H3. The van der Waals surface area contributed by atoms with E-state index in [0.29, 0.717) is 0 Å². The summed E-state index contributed by atoms with van der Waals surface area (Å²) in [7, 11) is 0. The van der Waals surface area contributed by atoms with Gasteiger partial charge >= 0.3 is 0 Å². The Morgan fingerprint density at radius 1 is 0.194 bits per heavy atom. The third-order valence-electron chi connectivity index (χ3n) is 27.6. The van der Waals surface area contributed by atoms with Crippen molar-refractivity contribution in [2.24, 2.45) is 0 Å². The van der Waals surface area contributed by atoms with E-state index in [9.17, 15) is 0 Å². The van der Waals surface area contributed by atoms with Crippen molar-refractivity contribution in [3.8, 4) is 44.9 Å². The normalized spacial score (nSPS) is 12.5. The Hall–Kier alpha value is -14.0. The van der Waals surface area contributed by atoms with Crippen LogP contribution in [0.3, 0.4) is 0 Å². The Morgan fingerprint density at radius 2 is 0.492 bits per heavy atom. The molecule has 0 spiro atoms. The lowest BCUT2D eigenvalue weighted by atomic mass is 9.94. The third-order valence-corrected chi connectivity index (χ3v) is 29.9. The van der Waals surface area contributed by atoms with E-state index in [2.05, 4.69) is 359 Å². The summed E-state index contributed by atoms with van der Waals surface area (Å²) in [5, 5.41) is 25.6. The van der Waals surface area contributed by atoms with E-state index in [-0.39, 0.29) is 0 Å². The molecule has 12 heteroatoms. The molecule has 10 aromatic heterocycles. The monoisotopic (exact) mass is 1640 g/mol. The molecule has 0 saturated heterocycles. The molecule has 0 radical (unpaired) electrons. The zero-order valence-electron chi connectivity index (χ0n) is 70.6. The van der Waals surface area contributed by atoms with Crippen molar-refractivity contribution in [2.45, 2.75) is 108 Å². The van der Waals surface area contributed by atoms with Gasteiger partial charge in [0.1, 0.15) is 11.5 Å². The maximum absolute atomic E-state index is 6.20. The number of hydrogen-bond donors (Lipinski definition) is 0. The lowest BCUT2D eigenvalue weighted by Crippen LogP contribution is -2.06. The molecule has 600 valence electrons. The molecule has 0 aliphatic rings. The number of aromatic nitrogens is 8. The lowest BCUT2D eigenvalue weighted by Gasteiger charge is -2.21. The van der Waals surface area contributed by atoms with Gasteiger partial charge in [0.2, 0.25) is 0 Å². The average molecular weight is 1640 g/mol. The number of rotatable bonds is 12. The van der Waals surface area contributed by atoms with Crippen LogP contribution in [0.25, 0.3) is 260 Å². The van der Waals surface area contributed by atoms with Crippen molar-refractivity contribution < 1.29 is 8.83 Å². The highest BCUT2D eigenvalue weighted by Gasteiger charge is 2.29. The highest BCUT2D eigenvalue weighted by Crippen LogP contribution is 2.52. The number of furan rings is 2. The molecular weight excluding hydrogens is 1550 g/mol. The second kappa shape index (κ2) is 27.7. The summed E-state index contributed by atoms with van der Waals surface area (Å²) >= 11 is 3.77. The molecule has 26 aromatic rings. The van der Waals surface area contributed by atoms with Gasteiger partial charge in [0, 0.05) is 223 Å². The molecule has 0 aliphatic heterocycles. The maximum Gasteiger partial charge on any atom is 0.134 e. The first kappa shape index (κ1) is 72.7. The van der Waals surface area contributed by atoms with E-state index in [1.54, 1.807) is 12.5 Å². The molecule has 0 unspecified atom stereocenters. The zero-order chi connectivity index (χ0) is 82.8. The Balaban J connectivity index is 0.000000141. The number of benzene rings is 16. The number of aryl methyl sites for hydroxylation is 8. The summed E-state index contributed by atoms with van der Waals surface area (Å²) in [6, 6.07) is 106. The van der Waals surface area contributed by atoms with Crippen LogP contribution < -0.4 is 0 Å². The predicted octanol–water partition coefficient (Wildman–Crippen LogP) is 32.1. The molecule has 0 amide bonds. The van der Waals surface area contributed by atoms with E-state index >= 15 is 0 Å². The van der Waals surface area contributed by atoms with Crippen molar-refractivity contribution >= 4 is 237 Å². The van der Waals surface area contributed by atoms with E-state index < -0.39 is 0 Å². The van der Waals surface area contributed by atoms with Crippen LogP contribution in [0, 0.1) is 0 Å². The minimum atomic E-state index is 0.788. The molecule has 0 atom stereocenters. The lowest BCUT2D eigenvalue weighted by molar-refractivity contribution is 0.582. The van der Waals surface area contributed by atoms with Gasteiger partial charge in [-0.15, -0.1) is 22.7 Å². The van der Waals surface area contributed by atoms with Crippen molar-refractivity contribution in [3.63, 3.8) is 0 Å². The summed E-state index contributed by atoms with van der Waals surface area (Å²) in [4.78, 5) is 0. The van der Waals surface area contributed by atoms with Crippen LogP contribution in [0.2, 0.25) is 0 Å². The fourth-order valence-electron chi connectivity index (χ4n) is 22.5. The summed E-state index contributed by atoms with van der Waals surface area (Å²) in [6.07, 6.45) is 3.57. The van der Waals surface area contributed by atoms with Crippen molar-refractivity contribution in [1.29, 1.82) is 0 Å². The van der Waals surface area contributed by atoms with Gasteiger partial charge in [0.25, 0.3) is 0 Å². The second-order valence-corrected chi connectivity index (χ2v) is 35.5. The highest BCUT2D eigenvalue weighted by atomic mass is 32.1. The zero-order valence-corrected chi connectivity index (χ0v) is 72.2. The molecule has 0 fully saturated rings. The van der Waals surface area contributed by atoms with Gasteiger partial charge in [-0.05, 0) is 246 Å². The number of para-hydroxylation sites is 4. The molecule has 16 aromatic carbocycles. The summed E-state index contributed by atoms with van der Waals surface area (Å²) in [5.41, 5.74) is 27.0. The quantitative estimate of drug-likeness (QED) is 0.122. The van der Waals surface area contributed by atoms with Gasteiger partial charge in [-0.2, -0.15) is 0 Å². The van der Waals surface area contributed by atoms with Crippen LogP contribution in [0.4, 0.5) is 0 Å². The van der Waals surface area contributed by atoms with Gasteiger partial charge in [-0.3, -0.25) is 0 Å². The minimum absolute atomic E-state index is 0.788. The van der Waals surface area contributed by atoms with Gasteiger partial charge < -0.3 is 45.4 Å². The molecule has 0 N–H and O–H groups in total. The Bertz CT molecular complexity index is 8590. The maximum atomic E-state index is 6.20. The van der Waals surface area contributed by atoms with E-state index in [4.69, 9.17) is 8.83 Å². The van der Waals surface area contributed by atoms with Crippen molar-refractivity contribution in [2.75, 3.05) is 0 Å². The molecule has 0 aliphatic carbocycles. The van der Waals surface area contributed by atoms with E-state index in [1.807, 2.05) is 34.8 Å². The van der Waals surface area contributed by atoms with E-state index in [0.717, 1.165) is 75.0 Å². The predicted molar refractivity (Wildman–Crippen MR) is 532 cm³/mol. The van der Waals surface area contributed by atoms with Crippen molar-refractivity contribution in [3.05, 3.63) is 292 Å². The van der Waals surface area contributed by atoms with Crippen LogP contribution in [-0.2, 0) is 52.4 Å².